The number of piperidine rings is 1. The summed E-state index contributed by atoms with van der Waals surface area (Å²) in [4.78, 5) is 1.57. The first-order valence-electron chi connectivity index (χ1n) is 4.62. The fourth-order valence-electron chi connectivity index (χ4n) is 1.76. The molecule has 1 aromatic rings. The molecule has 0 saturated carbocycles. The third-order valence-electron chi connectivity index (χ3n) is 2.45. The van der Waals surface area contributed by atoms with Gasteiger partial charge in [0.25, 0.3) is 0 Å². The van der Waals surface area contributed by atoms with E-state index >= 15 is 0 Å². The van der Waals surface area contributed by atoms with Crippen LogP contribution >= 0.6 is 11.3 Å². The van der Waals surface area contributed by atoms with Crippen molar-refractivity contribution in [2.45, 2.75) is 25.7 Å². The third-order valence-corrected chi connectivity index (χ3v) is 3.66. The minimum absolute atomic E-state index is 0.789. The molecular weight excluding hydrogens is 166 g/mol. The molecule has 0 amide bonds. The maximum absolute atomic E-state index is 3.45. The van der Waals surface area contributed by atoms with Gasteiger partial charge >= 0.3 is 0 Å². The van der Waals surface area contributed by atoms with Gasteiger partial charge in [-0.15, -0.1) is 11.3 Å². The second-order valence-electron chi connectivity index (χ2n) is 3.57. The van der Waals surface area contributed by atoms with Crippen molar-refractivity contribution >= 4 is 11.3 Å². The monoisotopic (exact) mass is 181 g/mol. The van der Waals surface area contributed by atoms with E-state index in [1.54, 1.807) is 4.88 Å². The summed E-state index contributed by atoms with van der Waals surface area (Å²) >= 11 is 1.92. The Morgan fingerprint density at radius 1 is 1.58 bits per heavy atom. The maximum Gasteiger partial charge on any atom is 0.00915 e. The molecule has 1 aliphatic rings. The second kappa shape index (κ2) is 3.58. The average Bonchev–Trinajstić information content (AvgIpc) is 2.54. The second-order valence-corrected chi connectivity index (χ2v) is 4.51. The van der Waals surface area contributed by atoms with Crippen molar-refractivity contribution in [3.05, 3.63) is 21.9 Å². The molecule has 0 aromatic carbocycles. The highest BCUT2D eigenvalue weighted by atomic mass is 32.1. The first-order valence-corrected chi connectivity index (χ1v) is 5.50. The number of aryl methyl sites for hydroxylation is 1. The van der Waals surface area contributed by atoms with E-state index in [0.29, 0.717) is 0 Å². The topological polar surface area (TPSA) is 12.0 Å². The Balaban J connectivity index is 2.08. The molecule has 2 rings (SSSR count). The Morgan fingerprint density at radius 2 is 2.50 bits per heavy atom. The molecule has 2 heterocycles. The smallest absolute Gasteiger partial charge is 0.00915 e. The fraction of sp³-hybridized carbons (Fsp3) is 0.600. The summed E-state index contributed by atoms with van der Waals surface area (Å²) in [5, 5.41) is 5.70. The van der Waals surface area contributed by atoms with Crippen molar-refractivity contribution in [1.29, 1.82) is 0 Å². The van der Waals surface area contributed by atoms with Crippen LogP contribution in [0.1, 0.15) is 29.2 Å². The van der Waals surface area contributed by atoms with Crippen LogP contribution < -0.4 is 5.32 Å². The molecule has 66 valence electrons. The van der Waals surface area contributed by atoms with Crippen LogP contribution in [0.2, 0.25) is 0 Å². The Hall–Kier alpha value is -0.340. The number of thiophene rings is 1. The lowest BCUT2D eigenvalue weighted by molar-refractivity contribution is 0.466. The van der Waals surface area contributed by atoms with Crippen LogP contribution in [0.3, 0.4) is 0 Å². The Bertz CT molecular complexity index is 248. The first-order chi connectivity index (χ1) is 5.86. The molecule has 12 heavy (non-hydrogen) atoms. The zero-order valence-electron chi connectivity index (χ0n) is 7.47. The maximum atomic E-state index is 3.45. The van der Waals surface area contributed by atoms with Crippen molar-refractivity contribution < 1.29 is 0 Å². The molecule has 0 spiro atoms. The zero-order valence-corrected chi connectivity index (χ0v) is 8.29. The molecule has 1 nitrogen and oxygen atoms in total. The predicted octanol–water partition coefficient (Wildman–Crippen LogP) is 2.52. The summed E-state index contributed by atoms with van der Waals surface area (Å²) < 4.78 is 0. The lowest BCUT2D eigenvalue weighted by atomic mass is 9.98. The molecule has 1 N–H and O–H groups in total. The van der Waals surface area contributed by atoms with Crippen molar-refractivity contribution in [3.8, 4) is 0 Å². The molecule has 1 atom stereocenters. The molecule has 1 aromatic heterocycles. The summed E-state index contributed by atoms with van der Waals surface area (Å²) in [6.07, 6.45) is 2.70. The molecule has 0 aliphatic carbocycles. The highest BCUT2D eigenvalue weighted by molar-refractivity contribution is 7.10. The fourth-order valence-corrected chi connectivity index (χ4v) is 2.80. The number of hydrogen-bond donors (Lipinski definition) is 1. The van der Waals surface area contributed by atoms with E-state index in [1.807, 2.05) is 11.3 Å². The van der Waals surface area contributed by atoms with Crippen molar-refractivity contribution in [3.63, 3.8) is 0 Å². The molecule has 1 saturated heterocycles. The highest BCUT2D eigenvalue weighted by Gasteiger charge is 2.15. The summed E-state index contributed by atoms with van der Waals surface area (Å²) in [6.45, 7) is 4.57. The van der Waals surface area contributed by atoms with Crippen LogP contribution in [0.15, 0.2) is 11.4 Å². The molecule has 0 radical (unpaired) electrons. The number of hydrogen-bond acceptors (Lipinski definition) is 2. The van der Waals surface area contributed by atoms with Crippen molar-refractivity contribution in [2.75, 3.05) is 13.1 Å². The SMILES string of the molecule is Cc1csc(C2CCCNC2)c1. The minimum Gasteiger partial charge on any atom is -0.316 e. The van der Waals surface area contributed by atoms with Crippen LogP contribution in [0.25, 0.3) is 0 Å². The van der Waals surface area contributed by atoms with E-state index in [2.05, 4.69) is 23.7 Å². The summed E-state index contributed by atoms with van der Waals surface area (Å²) in [7, 11) is 0. The van der Waals surface area contributed by atoms with Gasteiger partial charge < -0.3 is 5.32 Å². The van der Waals surface area contributed by atoms with Gasteiger partial charge in [-0.1, -0.05) is 0 Å². The highest BCUT2D eigenvalue weighted by Crippen LogP contribution is 2.28. The van der Waals surface area contributed by atoms with Crippen molar-refractivity contribution in [1.82, 2.24) is 5.32 Å². The standard InChI is InChI=1S/C10H15NS/c1-8-5-10(12-7-8)9-3-2-4-11-6-9/h5,7,9,11H,2-4,6H2,1H3. The van der Waals surface area contributed by atoms with E-state index in [9.17, 15) is 0 Å². The van der Waals surface area contributed by atoms with Crippen LogP contribution in [-0.2, 0) is 0 Å². The van der Waals surface area contributed by atoms with Gasteiger partial charge in [0.2, 0.25) is 0 Å². The molecule has 1 unspecified atom stereocenters. The van der Waals surface area contributed by atoms with Gasteiger partial charge in [0, 0.05) is 17.3 Å². The zero-order chi connectivity index (χ0) is 8.39. The Morgan fingerprint density at radius 3 is 3.08 bits per heavy atom. The Labute approximate surface area is 77.8 Å². The third kappa shape index (κ3) is 1.70. The van der Waals surface area contributed by atoms with Crippen LogP contribution in [0.4, 0.5) is 0 Å². The van der Waals surface area contributed by atoms with Gasteiger partial charge in [-0.25, -0.2) is 0 Å². The number of rotatable bonds is 1. The normalized spacial score (nSPS) is 24.2. The first kappa shape index (κ1) is 8.27. The van der Waals surface area contributed by atoms with Gasteiger partial charge in [-0.3, -0.25) is 0 Å². The molecule has 0 bridgehead atoms. The predicted molar refractivity (Wildman–Crippen MR) is 53.9 cm³/mol. The van der Waals surface area contributed by atoms with Crippen LogP contribution in [0, 0.1) is 6.92 Å². The lowest BCUT2D eigenvalue weighted by Crippen LogP contribution is -2.27. The van der Waals surface area contributed by atoms with Crippen molar-refractivity contribution in [2.24, 2.45) is 0 Å². The van der Waals surface area contributed by atoms with Gasteiger partial charge in [0.15, 0.2) is 0 Å². The van der Waals surface area contributed by atoms with Crippen LogP contribution in [0.5, 0.6) is 0 Å². The Kier molecular flexibility index (Phi) is 2.47. The summed E-state index contributed by atoms with van der Waals surface area (Å²) in [5.41, 5.74) is 1.42. The van der Waals surface area contributed by atoms with E-state index in [1.165, 1.54) is 31.5 Å². The van der Waals surface area contributed by atoms with E-state index in [-0.39, 0.29) is 0 Å². The average molecular weight is 181 g/mol. The largest absolute Gasteiger partial charge is 0.316 e. The number of nitrogens with one attached hydrogen (secondary N) is 1. The van der Waals surface area contributed by atoms with Gasteiger partial charge in [-0.05, 0) is 43.3 Å². The van der Waals surface area contributed by atoms with Gasteiger partial charge in [0.1, 0.15) is 0 Å². The quantitative estimate of drug-likeness (QED) is 0.702. The molecule has 1 fully saturated rings. The van der Waals surface area contributed by atoms with Gasteiger partial charge in [-0.2, -0.15) is 0 Å². The summed E-state index contributed by atoms with van der Waals surface area (Å²) in [5.74, 6) is 0.789. The van der Waals surface area contributed by atoms with E-state index < -0.39 is 0 Å². The lowest BCUT2D eigenvalue weighted by Gasteiger charge is -2.21. The van der Waals surface area contributed by atoms with E-state index in [0.717, 1.165) is 5.92 Å². The molecular formula is C10H15NS. The van der Waals surface area contributed by atoms with E-state index in [4.69, 9.17) is 0 Å². The summed E-state index contributed by atoms with van der Waals surface area (Å²) in [6, 6.07) is 2.34. The molecule has 1 aliphatic heterocycles. The molecule has 2 heteroatoms. The minimum atomic E-state index is 0.789. The van der Waals surface area contributed by atoms with Crippen LogP contribution in [-0.4, -0.2) is 13.1 Å². The van der Waals surface area contributed by atoms with Gasteiger partial charge in [0.05, 0.1) is 0 Å².